The summed E-state index contributed by atoms with van der Waals surface area (Å²) in [6.07, 6.45) is 1.53. The van der Waals surface area contributed by atoms with E-state index in [2.05, 4.69) is 5.32 Å². The van der Waals surface area contributed by atoms with Crippen molar-refractivity contribution in [1.82, 2.24) is 0 Å². The van der Waals surface area contributed by atoms with Crippen molar-refractivity contribution >= 4 is 23.2 Å². The fraction of sp³-hybridized carbons (Fsp3) is 0.467. The summed E-state index contributed by atoms with van der Waals surface area (Å²) in [5.74, 6) is -0.241. The topological polar surface area (TPSA) is 84.7 Å². The second-order valence-electron chi connectivity index (χ2n) is 5.03. The molecule has 6 nitrogen and oxygen atoms in total. The molecule has 1 aromatic rings. The number of benzene rings is 1. The normalized spacial score (nSPS) is 16.7. The van der Waals surface area contributed by atoms with E-state index in [1.807, 2.05) is 19.1 Å². The highest BCUT2D eigenvalue weighted by atomic mass is 16.5. The van der Waals surface area contributed by atoms with Gasteiger partial charge < -0.3 is 20.7 Å². The molecule has 1 fully saturated rings. The Kier molecular flexibility index (Phi) is 5.30. The van der Waals surface area contributed by atoms with Gasteiger partial charge in [-0.3, -0.25) is 9.59 Å². The molecule has 2 rings (SSSR count). The molecule has 1 atom stereocenters. The van der Waals surface area contributed by atoms with Gasteiger partial charge >= 0.3 is 0 Å². The smallest absolute Gasteiger partial charge is 0.253 e. The van der Waals surface area contributed by atoms with Gasteiger partial charge in [0.2, 0.25) is 5.91 Å². The third-order valence-corrected chi connectivity index (χ3v) is 3.37. The van der Waals surface area contributed by atoms with E-state index >= 15 is 0 Å². The fourth-order valence-electron chi connectivity index (χ4n) is 2.19. The number of hydrogen-bond acceptors (Lipinski definition) is 4. The summed E-state index contributed by atoms with van der Waals surface area (Å²) < 4.78 is 5.10. The molecule has 0 saturated carbocycles. The first kappa shape index (κ1) is 15.5. The molecule has 6 heteroatoms. The Morgan fingerprint density at radius 2 is 2.14 bits per heavy atom. The van der Waals surface area contributed by atoms with Crippen molar-refractivity contribution in [3.63, 3.8) is 0 Å². The van der Waals surface area contributed by atoms with Crippen molar-refractivity contribution in [2.24, 2.45) is 5.73 Å². The molecule has 1 aliphatic rings. The van der Waals surface area contributed by atoms with Crippen LogP contribution in [0.2, 0.25) is 0 Å². The minimum Gasteiger partial charge on any atom is -0.370 e. The van der Waals surface area contributed by atoms with Gasteiger partial charge in [0, 0.05) is 17.9 Å². The van der Waals surface area contributed by atoms with E-state index in [1.165, 1.54) is 0 Å². The first-order valence-electron chi connectivity index (χ1n) is 7.16. The highest BCUT2D eigenvalue weighted by Gasteiger charge is 2.20. The average Bonchev–Trinajstić information content (AvgIpc) is 2.49. The zero-order chi connectivity index (χ0) is 15.2. The van der Waals surface area contributed by atoms with Crippen molar-refractivity contribution < 1.29 is 14.3 Å². The van der Waals surface area contributed by atoms with Crippen LogP contribution >= 0.6 is 0 Å². The van der Waals surface area contributed by atoms with Crippen LogP contribution < -0.4 is 16.0 Å². The summed E-state index contributed by atoms with van der Waals surface area (Å²) in [5, 5.41) is 2.78. The number of carbonyl (C=O) groups excluding carboxylic acids is 2. The molecule has 0 radical (unpaired) electrons. The highest BCUT2D eigenvalue weighted by molar-refractivity contribution is 5.96. The lowest BCUT2D eigenvalue weighted by Crippen LogP contribution is -2.41. The van der Waals surface area contributed by atoms with E-state index in [4.69, 9.17) is 10.5 Å². The summed E-state index contributed by atoms with van der Waals surface area (Å²) >= 11 is 0. The molecule has 2 amide bonds. The SMILES string of the molecule is CCC[C@@H](N)C(=O)Nc1ccc(N2CCOCC2=O)cc1. The average molecular weight is 291 g/mol. The Hall–Kier alpha value is -1.92. The van der Waals surface area contributed by atoms with Crippen LogP contribution in [0, 0.1) is 0 Å². The molecular formula is C15H21N3O3. The second kappa shape index (κ2) is 7.19. The predicted octanol–water partition coefficient (Wildman–Crippen LogP) is 1.12. The second-order valence-corrected chi connectivity index (χ2v) is 5.03. The van der Waals surface area contributed by atoms with E-state index < -0.39 is 6.04 Å². The van der Waals surface area contributed by atoms with Crippen molar-refractivity contribution in [3.8, 4) is 0 Å². The predicted molar refractivity (Wildman–Crippen MR) is 81.1 cm³/mol. The standard InChI is InChI=1S/C15H21N3O3/c1-2-3-13(16)15(20)17-11-4-6-12(7-5-11)18-8-9-21-10-14(18)19/h4-7,13H,2-3,8-10,16H2,1H3,(H,17,20)/t13-/m1/s1. The molecule has 0 unspecified atom stereocenters. The summed E-state index contributed by atoms with van der Waals surface area (Å²) in [5.41, 5.74) is 7.24. The maximum absolute atomic E-state index is 11.8. The largest absolute Gasteiger partial charge is 0.370 e. The molecule has 1 aromatic carbocycles. The molecule has 1 aliphatic heterocycles. The molecule has 21 heavy (non-hydrogen) atoms. The summed E-state index contributed by atoms with van der Waals surface area (Å²) in [7, 11) is 0. The first-order chi connectivity index (χ1) is 10.1. The zero-order valence-electron chi connectivity index (χ0n) is 12.2. The van der Waals surface area contributed by atoms with Crippen molar-refractivity contribution in [1.29, 1.82) is 0 Å². The van der Waals surface area contributed by atoms with E-state index in [1.54, 1.807) is 17.0 Å². The molecular weight excluding hydrogens is 270 g/mol. The number of nitrogens with one attached hydrogen (secondary N) is 1. The number of nitrogens with two attached hydrogens (primary N) is 1. The number of carbonyl (C=O) groups is 2. The Bertz CT molecular complexity index is 501. The molecule has 3 N–H and O–H groups in total. The van der Waals surface area contributed by atoms with Gasteiger partial charge in [-0.05, 0) is 30.7 Å². The van der Waals surface area contributed by atoms with Gasteiger partial charge in [0.1, 0.15) is 6.61 Å². The Morgan fingerprint density at radius 1 is 1.43 bits per heavy atom. The number of ether oxygens (including phenoxy) is 1. The van der Waals surface area contributed by atoms with Crippen LogP contribution in [0.15, 0.2) is 24.3 Å². The van der Waals surface area contributed by atoms with Crippen LogP contribution in [0.25, 0.3) is 0 Å². The number of amides is 2. The Balaban J connectivity index is 1.98. The summed E-state index contributed by atoms with van der Waals surface area (Å²) in [6.45, 7) is 3.19. The van der Waals surface area contributed by atoms with Gasteiger partial charge in [0.05, 0.1) is 12.6 Å². The van der Waals surface area contributed by atoms with Gasteiger partial charge in [0.15, 0.2) is 0 Å². The number of morpholine rings is 1. The van der Waals surface area contributed by atoms with Gasteiger partial charge in [-0.15, -0.1) is 0 Å². The van der Waals surface area contributed by atoms with Crippen LogP contribution in [0.4, 0.5) is 11.4 Å². The van der Waals surface area contributed by atoms with Crippen molar-refractivity contribution in [2.45, 2.75) is 25.8 Å². The molecule has 1 saturated heterocycles. The molecule has 0 aliphatic carbocycles. The quantitative estimate of drug-likeness (QED) is 0.851. The third-order valence-electron chi connectivity index (χ3n) is 3.37. The monoisotopic (exact) mass is 291 g/mol. The highest BCUT2D eigenvalue weighted by Crippen LogP contribution is 2.19. The van der Waals surface area contributed by atoms with Gasteiger partial charge in [0.25, 0.3) is 5.91 Å². The van der Waals surface area contributed by atoms with Crippen LogP contribution in [-0.2, 0) is 14.3 Å². The molecule has 0 bridgehead atoms. The fourth-order valence-corrected chi connectivity index (χ4v) is 2.19. The van der Waals surface area contributed by atoms with Crippen LogP contribution in [0.1, 0.15) is 19.8 Å². The number of rotatable bonds is 5. The minimum atomic E-state index is -0.490. The maximum atomic E-state index is 11.8. The minimum absolute atomic E-state index is 0.0528. The molecule has 0 spiro atoms. The van der Waals surface area contributed by atoms with Crippen molar-refractivity contribution in [3.05, 3.63) is 24.3 Å². The third kappa shape index (κ3) is 4.03. The van der Waals surface area contributed by atoms with E-state index in [0.29, 0.717) is 25.3 Å². The maximum Gasteiger partial charge on any atom is 0.253 e. The van der Waals surface area contributed by atoms with Gasteiger partial charge in [-0.25, -0.2) is 0 Å². The summed E-state index contributed by atoms with van der Waals surface area (Å²) in [4.78, 5) is 25.2. The van der Waals surface area contributed by atoms with Crippen molar-refractivity contribution in [2.75, 3.05) is 30.0 Å². The number of hydrogen-bond donors (Lipinski definition) is 2. The van der Waals surface area contributed by atoms with Crippen LogP contribution in [0.5, 0.6) is 0 Å². The number of anilines is 2. The molecule has 0 aromatic heterocycles. The van der Waals surface area contributed by atoms with Crippen LogP contribution in [-0.4, -0.2) is 37.6 Å². The van der Waals surface area contributed by atoms with Crippen LogP contribution in [0.3, 0.4) is 0 Å². The van der Waals surface area contributed by atoms with Gasteiger partial charge in [-0.1, -0.05) is 13.3 Å². The lowest BCUT2D eigenvalue weighted by molar-refractivity contribution is -0.125. The lowest BCUT2D eigenvalue weighted by atomic mass is 10.1. The van der Waals surface area contributed by atoms with E-state index in [0.717, 1.165) is 12.1 Å². The van der Waals surface area contributed by atoms with Gasteiger partial charge in [-0.2, -0.15) is 0 Å². The molecule has 1 heterocycles. The summed E-state index contributed by atoms with van der Waals surface area (Å²) in [6, 6.07) is 6.67. The van der Waals surface area contributed by atoms with E-state index in [9.17, 15) is 9.59 Å². The number of nitrogens with zero attached hydrogens (tertiary/aromatic N) is 1. The van der Waals surface area contributed by atoms with E-state index in [-0.39, 0.29) is 18.4 Å². The zero-order valence-corrected chi connectivity index (χ0v) is 12.2. The molecule has 114 valence electrons. The Morgan fingerprint density at radius 3 is 2.76 bits per heavy atom. The lowest BCUT2D eigenvalue weighted by Gasteiger charge is -2.27. The first-order valence-corrected chi connectivity index (χ1v) is 7.16. The Labute approximate surface area is 124 Å².